The maximum absolute atomic E-state index is 13.0. The van der Waals surface area contributed by atoms with Crippen LogP contribution in [0.1, 0.15) is 32.7 Å². The van der Waals surface area contributed by atoms with E-state index < -0.39 is 0 Å². The van der Waals surface area contributed by atoms with Crippen molar-refractivity contribution in [2.45, 2.75) is 20.4 Å². The molecular formula is C20H18ClFN4O. The van der Waals surface area contributed by atoms with E-state index in [1.165, 1.54) is 18.3 Å². The molecule has 0 saturated carbocycles. The highest BCUT2D eigenvalue weighted by atomic mass is 35.5. The quantitative estimate of drug-likeness (QED) is 0.531. The summed E-state index contributed by atoms with van der Waals surface area (Å²) in [6, 6.07) is 13.4. The number of nitrogens with zero attached hydrogens (tertiary/aromatic N) is 3. The Labute approximate surface area is 161 Å². The maximum Gasteiger partial charge on any atom is 0.271 e. The Kier molecular flexibility index (Phi) is 5.66. The van der Waals surface area contributed by atoms with Gasteiger partial charge in [-0.2, -0.15) is 10.2 Å². The number of hydrazone groups is 1. The molecule has 3 rings (SSSR count). The fraction of sp³-hybridized carbons (Fsp3) is 0.150. The van der Waals surface area contributed by atoms with Gasteiger partial charge in [0.1, 0.15) is 11.0 Å². The van der Waals surface area contributed by atoms with E-state index in [-0.39, 0.29) is 11.7 Å². The Morgan fingerprint density at radius 1 is 1.22 bits per heavy atom. The van der Waals surface area contributed by atoms with Gasteiger partial charge in [0.25, 0.3) is 5.91 Å². The van der Waals surface area contributed by atoms with Crippen molar-refractivity contribution in [2.75, 3.05) is 0 Å². The first kappa shape index (κ1) is 18.8. The third-order valence-corrected chi connectivity index (χ3v) is 4.50. The van der Waals surface area contributed by atoms with E-state index in [0.717, 1.165) is 11.1 Å². The number of halogens is 2. The average Bonchev–Trinajstić information content (AvgIpc) is 2.91. The predicted octanol–water partition coefficient (Wildman–Crippen LogP) is 4.10. The Bertz CT molecular complexity index is 996. The van der Waals surface area contributed by atoms with Crippen molar-refractivity contribution in [1.82, 2.24) is 15.2 Å². The minimum Gasteiger partial charge on any atom is -0.267 e. The van der Waals surface area contributed by atoms with Crippen LogP contribution in [-0.4, -0.2) is 21.9 Å². The van der Waals surface area contributed by atoms with Gasteiger partial charge in [0.05, 0.1) is 24.0 Å². The molecule has 2 aromatic carbocycles. The summed E-state index contributed by atoms with van der Waals surface area (Å²) < 4.78 is 14.6. The highest BCUT2D eigenvalue weighted by Gasteiger charge is 2.13. The van der Waals surface area contributed by atoms with Gasteiger partial charge in [-0.05, 0) is 43.2 Å². The van der Waals surface area contributed by atoms with Gasteiger partial charge in [-0.15, -0.1) is 0 Å². The van der Waals surface area contributed by atoms with E-state index in [2.05, 4.69) is 15.6 Å². The Morgan fingerprint density at radius 2 is 1.93 bits per heavy atom. The molecule has 5 nitrogen and oxygen atoms in total. The van der Waals surface area contributed by atoms with Crippen LogP contribution < -0.4 is 5.43 Å². The van der Waals surface area contributed by atoms with Gasteiger partial charge in [-0.3, -0.25) is 4.79 Å². The summed E-state index contributed by atoms with van der Waals surface area (Å²) in [5.41, 5.74) is 6.09. The normalized spacial score (nSPS) is 11.1. The van der Waals surface area contributed by atoms with E-state index in [4.69, 9.17) is 11.6 Å². The van der Waals surface area contributed by atoms with Crippen LogP contribution in [0.2, 0.25) is 5.15 Å². The number of carbonyl (C=O) groups is 1. The lowest BCUT2D eigenvalue weighted by atomic mass is 10.1. The predicted molar refractivity (Wildman–Crippen MR) is 104 cm³/mol. The lowest BCUT2D eigenvalue weighted by molar-refractivity contribution is 0.0954. The molecule has 0 bridgehead atoms. The van der Waals surface area contributed by atoms with Gasteiger partial charge in [0.2, 0.25) is 0 Å². The Balaban J connectivity index is 1.72. The van der Waals surface area contributed by atoms with Crippen LogP contribution in [0.3, 0.4) is 0 Å². The summed E-state index contributed by atoms with van der Waals surface area (Å²) in [6.07, 6.45) is 1.47. The molecular weight excluding hydrogens is 367 g/mol. The van der Waals surface area contributed by atoms with Crippen LogP contribution in [-0.2, 0) is 6.54 Å². The number of hydrogen-bond acceptors (Lipinski definition) is 3. The van der Waals surface area contributed by atoms with Crippen LogP contribution in [0.4, 0.5) is 4.39 Å². The molecule has 0 atom stereocenters. The van der Waals surface area contributed by atoms with Crippen molar-refractivity contribution in [1.29, 1.82) is 0 Å². The number of nitrogens with one attached hydrogen (secondary N) is 1. The fourth-order valence-electron chi connectivity index (χ4n) is 2.62. The molecule has 27 heavy (non-hydrogen) atoms. The van der Waals surface area contributed by atoms with Crippen LogP contribution in [0, 0.1) is 19.7 Å². The molecule has 0 fully saturated rings. The van der Waals surface area contributed by atoms with Crippen molar-refractivity contribution < 1.29 is 9.18 Å². The maximum atomic E-state index is 13.0. The van der Waals surface area contributed by atoms with Gasteiger partial charge >= 0.3 is 0 Å². The highest BCUT2D eigenvalue weighted by molar-refractivity contribution is 6.32. The first-order valence-corrected chi connectivity index (χ1v) is 8.70. The zero-order valence-electron chi connectivity index (χ0n) is 14.9. The molecule has 0 unspecified atom stereocenters. The third-order valence-electron chi connectivity index (χ3n) is 4.10. The average molecular weight is 385 g/mol. The van der Waals surface area contributed by atoms with E-state index in [1.54, 1.807) is 35.9 Å². The summed E-state index contributed by atoms with van der Waals surface area (Å²) in [4.78, 5) is 12.2. The largest absolute Gasteiger partial charge is 0.271 e. The minimum absolute atomic E-state index is 0.293. The second-order valence-electron chi connectivity index (χ2n) is 6.09. The van der Waals surface area contributed by atoms with Crippen molar-refractivity contribution in [3.8, 4) is 0 Å². The van der Waals surface area contributed by atoms with Crippen LogP contribution in [0.5, 0.6) is 0 Å². The highest BCUT2D eigenvalue weighted by Crippen LogP contribution is 2.19. The monoisotopic (exact) mass is 384 g/mol. The lowest BCUT2D eigenvalue weighted by Crippen LogP contribution is -2.18. The third kappa shape index (κ3) is 4.41. The fourth-order valence-corrected chi connectivity index (χ4v) is 2.91. The van der Waals surface area contributed by atoms with Gasteiger partial charge < -0.3 is 0 Å². The Morgan fingerprint density at radius 3 is 2.63 bits per heavy atom. The second kappa shape index (κ2) is 8.14. The molecule has 0 saturated heterocycles. The van der Waals surface area contributed by atoms with Gasteiger partial charge in [0, 0.05) is 5.56 Å². The number of hydrogen-bond donors (Lipinski definition) is 1. The van der Waals surface area contributed by atoms with E-state index in [0.29, 0.717) is 28.5 Å². The minimum atomic E-state index is -0.295. The van der Waals surface area contributed by atoms with Crippen LogP contribution in [0.15, 0.2) is 53.6 Å². The van der Waals surface area contributed by atoms with Crippen molar-refractivity contribution in [3.05, 3.63) is 87.4 Å². The standard InChI is InChI=1S/C20H18ClFN4O/c1-13-5-3-4-6-17(13)20(27)24-23-11-18-14(2)25-26(19(18)21)12-15-7-9-16(22)10-8-15/h3-11H,12H2,1-2H3,(H,24,27)/b23-11-. The first-order valence-electron chi connectivity index (χ1n) is 8.32. The molecule has 0 aliphatic heterocycles. The smallest absolute Gasteiger partial charge is 0.267 e. The molecule has 0 aliphatic rings. The van der Waals surface area contributed by atoms with Crippen molar-refractivity contribution >= 4 is 23.7 Å². The van der Waals surface area contributed by atoms with Gasteiger partial charge in [-0.1, -0.05) is 41.9 Å². The van der Waals surface area contributed by atoms with Crippen LogP contribution >= 0.6 is 11.6 Å². The molecule has 1 amide bonds. The molecule has 7 heteroatoms. The second-order valence-corrected chi connectivity index (χ2v) is 6.45. The molecule has 1 N–H and O–H groups in total. The number of aryl methyl sites for hydroxylation is 2. The van der Waals surface area contributed by atoms with E-state index in [9.17, 15) is 9.18 Å². The van der Waals surface area contributed by atoms with Crippen molar-refractivity contribution in [3.63, 3.8) is 0 Å². The van der Waals surface area contributed by atoms with Crippen LogP contribution in [0.25, 0.3) is 0 Å². The molecule has 0 aliphatic carbocycles. The number of rotatable bonds is 5. The number of benzene rings is 2. The Hall–Kier alpha value is -2.99. The number of aromatic nitrogens is 2. The van der Waals surface area contributed by atoms with Gasteiger partial charge in [0.15, 0.2) is 0 Å². The molecule has 1 aromatic heterocycles. The van der Waals surface area contributed by atoms with Gasteiger partial charge in [-0.25, -0.2) is 14.5 Å². The molecule has 138 valence electrons. The van der Waals surface area contributed by atoms with E-state index in [1.807, 2.05) is 19.1 Å². The number of amides is 1. The van der Waals surface area contributed by atoms with E-state index >= 15 is 0 Å². The summed E-state index contributed by atoms with van der Waals surface area (Å²) in [6.45, 7) is 4.07. The first-order chi connectivity index (χ1) is 13.0. The number of carbonyl (C=O) groups excluding carboxylic acids is 1. The molecule has 1 heterocycles. The topological polar surface area (TPSA) is 59.3 Å². The lowest BCUT2D eigenvalue weighted by Gasteiger charge is -2.04. The summed E-state index contributed by atoms with van der Waals surface area (Å²) in [5.74, 6) is -0.587. The zero-order chi connectivity index (χ0) is 19.4. The molecule has 0 spiro atoms. The summed E-state index contributed by atoms with van der Waals surface area (Å²) >= 11 is 6.39. The summed E-state index contributed by atoms with van der Waals surface area (Å²) in [5, 5.41) is 8.78. The SMILES string of the molecule is Cc1ccccc1C(=O)N/N=C\c1c(C)nn(Cc2ccc(F)cc2)c1Cl. The molecule has 3 aromatic rings. The van der Waals surface area contributed by atoms with Crippen molar-refractivity contribution in [2.24, 2.45) is 5.10 Å². The summed E-state index contributed by atoms with van der Waals surface area (Å²) in [7, 11) is 0. The zero-order valence-corrected chi connectivity index (χ0v) is 15.7. The molecule has 0 radical (unpaired) electrons.